The summed E-state index contributed by atoms with van der Waals surface area (Å²) in [5.74, 6) is -2.02. The first-order valence-corrected chi connectivity index (χ1v) is 6.21. The second-order valence-corrected chi connectivity index (χ2v) is 4.72. The van der Waals surface area contributed by atoms with E-state index in [0.717, 1.165) is 17.3 Å². The molecule has 2 aromatic rings. The first kappa shape index (κ1) is 12.6. The predicted octanol–water partition coefficient (Wildman–Crippen LogP) is 2.75. The van der Waals surface area contributed by atoms with Gasteiger partial charge in [0.1, 0.15) is 11.6 Å². The van der Waals surface area contributed by atoms with Crippen molar-refractivity contribution in [1.82, 2.24) is 0 Å². The highest BCUT2D eigenvalue weighted by atomic mass is 19.1. The van der Waals surface area contributed by atoms with Gasteiger partial charge in [0.05, 0.1) is 5.56 Å². The molecule has 0 bridgehead atoms. The largest absolute Gasteiger partial charge is 0.399 e. The van der Waals surface area contributed by atoms with Crippen LogP contribution in [0.15, 0.2) is 36.4 Å². The van der Waals surface area contributed by atoms with E-state index in [2.05, 4.69) is 0 Å². The van der Waals surface area contributed by atoms with Crippen LogP contribution in [0.2, 0.25) is 0 Å². The van der Waals surface area contributed by atoms with Crippen LogP contribution < -0.4 is 10.6 Å². The summed E-state index contributed by atoms with van der Waals surface area (Å²) in [6, 6.07) is 8.22. The zero-order valence-electron chi connectivity index (χ0n) is 10.6. The summed E-state index contributed by atoms with van der Waals surface area (Å²) in [7, 11) is 0. The topological polar surface area (TPSA) is 46.3 Å². The SMILES string of the molecule is Nc1ccc2c(c1)CCN2C(=O)c1ccc(F)cc1F. The molecule has 0 fully saturated rings. The third-order valence-electron chi connectivity index (χ3n) is 3.41. The molecule has 1 amide bonds. The molecule has 0 unspecified atom stereocenters. The van der Waals surface area contributed by atoms with Crippen LogP contribution in [0.1, 0.15) is 15.9 Å². The standard InChI is InChI=1S/C15H12F2N2O/c16-10-1-3-12(13(17)8-10)15(20)19-6-5-9-7-11(18)2-4-14(9)19/h1-4,7-8H,5-6,18H2. The molecule has 5 heteroatoms. The van der Waals surface area contributed by atoms with Crippen molar-refractivity contribution >= 4 is 17.3 Å². The lowest BCUT2D eigenvalue weighted by atomic mass is 10.1. The summed E-state index contributed by atoms with van der Waals surface area (Å²) in [6.45, 7) is 0.467. The highest BCUT2D eigenvalue weighted by Gasteiger charge is 2.27. The second kappa shape index (κ2) is 4.59. The minimum Gasteiger partial charge on any atom is -0.399 e. The highest BCUT2D eigenvalue weighted by Crippen LogP contribution is 2.31. The van der Waals surface area contributed by atoms with Crippen molar-refractivity contribution in [3.63, 3.8) is 0 Å². The van der Waals surface area contributed by atoms with E-state index in [1.165, 1.54) is 11.0 Å². The maximum atomic E-state index is 13.7. The fourth-order valence-electron chi connectivity index (χ4n) is 2.44. The Morgan fingerprint density at radius 1 is 1.15 bits per heavy atom. The Morgan fingerprint density at radius 2 is 1.95 bits per heavy atom. The first-order valence-electron chi connectivity index (χ1n) is 6.21. The predicted molar refractivity (Wildman–Crippen MR) is 72.6 cm³/mol. The third-order valence-corrected chi connectivity index (χ3v) is 3.41. The molecule has 0 aliphatic carbocycles. The van der Waals surface area contributed by atoms with E-state index in [0.29, 0.717) is 24.7 Å². The summed E-state index contributed by atoms with van der Waals surface area (Å²) in [5, 5.41) is 0. The van der Waals surface area contributed by atoms with Gasteiger partial charge in [-0.15, -0.1) is 0 Å². The van der Waals surface area contributed by atoms with Crippen molar-refractivity contribution in [3.05, 3.63) is 59.2 Å². The van der Waals surface area contributed by atoms with Crippen molar-refractivity contribution in [2.24, 2.45) is 0 Å². The number of halogens is 2. The summed E-state index contributed by atoms with van der Waals surface area (Å²) < 4.78 is 26.6. The zero-order chi connectivity index (χ0) is 14.3. The van der Waals surface area contributed by atoms with Gasteiger partial charge in [0.25, 0.3) is 5.91 Å². The van der Waals surface area contributed by atoms with Crippen molar-refractivity contribution in [2.75, 3.05) is 17.2 Å². The second-order valence-electron chi connectivity index (χ2n) is 4.72. The van der Waals surface area contributed by atoms with Crippen LogP contribution in [-0.2, 0) is 6.42 Å². The lowest BCUT2D eigenvalue weighted by molar-refractivity contribution is 0.0985. The Hall–Kier alpha value is -2.43. The van der Waals surface area contributed by atoms with Crippen molar-refractivity contribution < 1.29 is 13.6 Å². The van der Waals surface area contributed by atoms with E-state index in [-0.39, 0.29) is 5.56 Å². The highest BCUT2D eigenvalue weighted by molar-refractivity contribution is 6.07. The number of nitrogens with zero attached hydrogens (tertiary/aromatic N) is 1. The molecular formula is C15H12F2N2O. The van der Waals surface area contributed by atoms with Crippen molar-refractivity contribution in [2.45, 2.75) is 6.42 Å². The van der Waals surface area contributed by atoms with Gasteiger partial charge >= 0.3 is 0 Å². The van der Waals surface area contributed by atoms with Gasteiger partial charge in [0.2, 0.25) is 0 Å². The zero-order valence-corrected chi connectivity index (χ0v) is 10.6. The van der Waals surface area contributed by atoms with Crippen LogP contribution >= 0.6 is 0 Å². The number of nitrogen functional groups attached to an aromatic ring is 1. The molecule has 0 saturated heterocycles. The Balaban J connectivity index is 1.97. The number of anilines is 2. The minimum absolute atomic E-state index is 0.129. The summed E-state index contributed by atoms with van der Waals surface area (Å²) in [4.78, 5) is 13.9. The molecule has 3 rings (SSSR count). The molecule has 102 valence electrons. The number of benzene rings is 2. The summed E-state index contributed by atoms with van der Waals surface area (Å²) in [6.07, 6.45) is 0.676. The first-order chi connectivity index (χ1) is 9.56. The fraction of sp³-hybridized carbons (Fsp3) is 0.133. The van der Waals surface area contributed by atoms with E-state index >= 15 is 0 Å². The molecule has 20 heavy (non-hydrogen) atoms. The van der Waals surface area contributed by atoms with Crippen LogP contribution in [0.5, 0.6) is 0 Å². The minimum atomic E-state index is -0.848. The van der Waals surface area contributed by atoms with Gasteiger partial charge in [-0.3, -0.25) is 4.79 Å². The van der Waals surface area contributed by atoms with Gasteiger partial charge in [-0.25, -0.2) is 8.78 Å². The van der Waals surface area contributed by atoms with E-state index in [1.54, 1.807) is 12.1 Å². The number of nitrogens with two attached hydrogens (primary N) is 1. The van der Waals surface area contributed by atoms with E-state index in [4.69, 9.17) is 5.73 Å². The number of carbonyl (C=O) groups excluding carboxylic acids is 1. The van der Waals surface area contributed by atoms with Gasteiger partial charge < -0.3 is 10.6 Å². The molecule has 1 aliphatic heterocycles. The Kier molecular flexibility index (Phi) is 2.89. The number of hydrogen-bond donors (Lipinski definition) is 1. The monoisotopic (exact) mass is 274 g/mol. The van der Waals surface area contributed by atoms with Crippen LogP contribution in [0.4, 0.5) is 20.2 Å². The summed E-state index contributed by atoms with van der Waals surface area (Å²) in [5.41, 5.74) is 7.89. The fourth-order valence-corrected chi connectivity index (χ4v) is 2.44. The maximum absolute atomic E-state index is 13.7. The number of rotatable bonds is 1. The average Bonchev–Trinajstić information content (AvgIpc) is 2.80. The van der Waals surface area contributed by atoms with Crippen LogP contribution in [0, 0.1) is 11.6 Å². The lowest BCUT2D eigenvalue weighted by Gasteiger charge is -2.17. The molecule has 1 heterocycles. The normalized spacial score (nSPS) is 13.4. The number of hydrogen-bond acceptors (Lipinski definition) is 2. The molecule has 0 saturated carbocycles. The number of amides is 1. The molecular weight excluding hydrogens is 262 g/mol. The van der Waals surface area contributed by atoms with Gasteiger partial charge in [-0.1, -0.05) is 0 Å². The maximum Gasteiger partial charge on any atom is 0.261 e. The van der Waals surface area contributed by atoms with E-state index in [9.17, 15) is 13.6 Å². The average molecular weight is 274 g/mol. The molecule has 0 radical (unpaired) electrons. The van der Waals surface area contributed by atoms with Gasteiger partial charge in [-0.05, 0) is 42.3 Å². The third kappa shape index (κ3) is 2.01. The lowest BCUT2D eigenvalue weighted by Crippen LogP contribution is -2.29. The Labute approximate surface area is 114 Å². The molecule has 2 aromatic carbocycles. The van der Waals surface area contributed by atoms with Gasteiger partial charge in [0, 0.05) is 24.0 Å². The Morgan fingerprint density at radius 3 is 2.70 bits per heavy atom. The van der Waals surface area contributed by atoms with E-state index < -0.39 is 17.5 Å². The number of fused-ring (bicyclic) bond motifs is 1. The Bertz CT molecular complexity index is 700. The van der Waals surface area contributed by atoms with Crippen molar-refractivity contribution in [3.8, 4) is 0 Å². The van der Waals surface area contributed by atoms with Crippen LogP contribution in [-0.4, -0.2) is 12.5 Å². The molecule has 0 atom stereocenters. The van der Waals surface area contributed by atoms with Crippen LogP contribution in [0.25, 0.3) is 0 Å². The summed E-state index contributed by atoms with van der Waals surface area (Å²) >= 11 is 0. The van der Waals surface area contributed by atoms with Gasteiger partial charge in [0.15, 0.2) is 0 Å². The van der Waals surface area contributed by atoms with Gasteiger partial charge in [-0.2, -0.15) is 0 Å². The number of carbonyl (C=O) groups is 1. The van der Waals surface area contributed by atoms with Crippen LogP contribution in [0.3, 0.4) is 0 Å². The van der Waals surface area contributed by atoms with Crippen molar-refractivity contribution in [1.29, 1.82) is 0 Å². The smallest absolute Gasteiger partial charge is 0.261 e. The van der Waals surface area contributed by atoms with E-state index in [1.807, 2.05) is 6.07 Å². The quantitative estimate of drug-likeness (QED) is 0.813. The molecule has 1 aliphatic rings. The molecule has 2 N–H and O–H groups in total. The molecule has 0 aromatic heterocycles. The molecule has 0 spiro atoms. The molecule has 3 nitrogen and oxygen atoms in total.